The summed E-state index contributed by atoms with van der Waals surface area (Å²) >= 11 is 0. The minimum Gasteiger partial charge on any atom is -0.0766 e. The maximum atomic E-state index is 2.39. The molecule has 0 fully saturated rings. The minimum atomic E-state index is 1.12. The summed E-state index contributed by atoms with van der Waals surface area (Å²) in [7, 11) is 0. The maximum Gasteiger partial charge on any atom is -0.00828 e. The van der Waals surface area contributed by atoms with Gasteiger partial charge in [-0.05, 0) is 41.5 Å². The summed E-state index contributed by atoms with van der Waals surface area (Å²) in [5.41, 5.74) is 6.06. The monoisotopic (exact) mass is 198 g/mol. The molecule has 0 aromatic heterocycles. The lowest BCUT2D eigenvalue weighted by Gasteiger charge is -2.08. The highest BCUT2D eigenvalue weighted by atomic mass is 14.2. The first kappa shape index (κ1) is 10.2. The van der Waals surface area contributed by atoms with Gasteiger partial charge in [-0.1, -0.05) is 50.3 Å². The smallest absolute Gasteiger partial charge is 0.00828 e. The van der Waals surface area contributed by atoms with Crippen LogP contribution < -0.4 is 0 Å². The molecule has 0 unspecified atom stereocenters. The summed E-state index contributed by atoms with van der Waals surface area (Å²) < 4.78 is 0. The van der Waals surface area contributed by atoms with Crippen molar-refractivity contribution in [1.82, 2.24) is 0 Å². The van der Waals surface area contributed by atoms with Crippen LogP contribution in [0.15, 0.2) is 47.6 Å². The number of allylic oxidation sites excluding steroid dienone is 4. The van der Waals surface area contributed by atoms with E-state index in [9.17, 15) is 0 Å². The van der Waals surface area contributed by atoms with E-state index in [1.807, 2.05) is 0 Å². The molecule has 0 bridgehead atoms. The second kappa shape index (κ2) is 4.48. The van der Waals surface area contributed by atoms with Crippen LogP contribution in [0.1, 0.15) is 38.7 Å². The summed E-state index contributed by atoms with van der Waals surface area (Å²) in [6.07, 6.45) is 5.83. The van der Waals surface area contributed by atoms with Crippen LogP contribution >= 0.6 is 0 Å². The van der Waals surface area contributed by atoms with Gasteiger partial charge in [0, 0.05) is 0 Å². The zero-order chi connectivity index (χ0) is 10.7. The van der Waals surface area contributed by atoms with Crippen molar-refractivity contribution >= 4 is 5.57 Å². The Morgan fingerprint density at radius 3 is 2.33 bits per heavy atom. The fourth-order valence-corrected chi connectivity index (χ4v) is 2.40. The predicted octanol–water partition coefficient (Wildman–Crippen LogP) is 4.59. The number of rotatable bonds is 3. The molecule has 0 saturated heterocycles. The Bertz CT molecular complexity index is 393. The molecule has 0 heteroatoms. The lowest BCUT2D eigenvalue weighted by atomic mass is 9.97. The lowest BCUT2D eigenvalue weighted by Crippen LogP contribution is -1.87. The molecule has 0 amide bonds. The highest BCUT2D eigenvalue weighted by molar-refractivity contribution is 5.76. The van der Waals surface area contributed by atoms with Crippen molar-refractivity contribution in [3.05, 3.63) is 53.1 Å². The quantitative estimate of drug-likeness (QED) is 0.666. The second-order valence-corrected chi connectivity index (χ2v) is 3.96. The zero-order valence-electron chi connectivity index (χ0n) is 9.59. The van der Waals surface area contributed by atoms with E-state index in [-0.39, 0.29) is 0 Å². The topological polar surface area (TPSA) is 0 Å². The molecule has 1 aliphatic carbocycles. The van der Waals surface area contributed by atoms with Crippen molar-refractivity contribution in [1.29, 1.82) is 0 Å². The van der Waals surface area contributed by atoms with E-state index < -0.39 is 0 Å². The molecule has 78 valence electrons. The molecule has 0 heterocycles. The molecular weight excluding hydrogens is 180 g/mol. The van der Waals surface area contributed by atoms with Crippen LogP contribution in [-0.4, -0.2) is 0 Å². The van der Waals surface area contributed by atoms with Crippen LogP contribution in [0.4, 0.5) is 0 Å². The Morgan fingerprint density at radius 1 is 1.00 bits per heavy atom. The second-order valence-electron chi connectivity index (χ2n) is 3.96. The van der Waals surface area contributed by atoms with Gasteiger partial charge in [-0.3, -0.25) is 0 Å². The lowest BCUT2D eigenvalue weighted by molar-refractivity contribution is 1.04. The molecule has 1 aromatic rings. The Hall–Kier alpha value is -1.30. The molecule has 15 heavy (non-hydrogen) atoms. The highest BCUT2D eigenvalue weighted by Crippen LogP contribution is 2.36. The van der Waals surface area contributed by atoms with Crippen LogP contribution in [0.5, 0.6) is 0 Å². The molecule has 0 radical (unpaired) electrons. The van der Waals surface area contributed by atoms with Crippen LogP contribution in [0.2, 0.25) is 0 Å². The van der Waals surface area contributed by atoms with Gasteiger partial charge >= 0.3 is 0 Å². The predicted molar refractivity (Wildman–Crippen MR) is 66.6 cm³/mol. The molecule has 2 rings (SSSR count). The van der Waals surface area contributed by atoms with Gasteiger partial charge in [0.25, 0.3) is 0 Å². The molecular formula is C15H18. The summed E-state index contributed by atoms with van der Waals surface area (Å²) in [6, 6.07) is 10.8. The number of hydrogen-bond acceptors (Lipinski definition) is 0. The van der Waals surface area contributed by atoms with Crippen molar-refractivity contribution in [2.75, 3.05) is 0 Å². The van der Waals surface area contributed by atoms with E-state index in [1.54, 1.807) is 11.1 Å². The number of hydrogen-bond donors (Lipinski definition) is 0. The summed E-state index contributed by atoms with van der Waals surface area (Å²) in [5.74, 6) is 0. The largest absolute Gasteiger partial charge is 0.0766 e. The van der Waals surface area contributed by atoms with Crippen LogP contribution in [0.25, 0.3) is 5.57 Å². The number of benzene rings is 1. The van der Waals surface area contributed by atoms with Gasteiger partial charge in [-0.25, -0.2) is 0 Å². The van der Waals surface area contributed by atoms with E-state index in [2.05, 4.69) is 50.3 Å². The Labute approximate surface area is 92.3 Å². The fourth-order valence-electron chi connectivity index (χ4n) is 2.40. The average Bonchev–Trinajstić information content (AvgIpc) is 2.72. The van der Waals surface area contributed by atoms with Gasteiger partial charge in [-0.2, -0.15) is 0 Å². The molecule has 0 N–H and O–H groups in total. The third kappa shape index (κ3) is 1.90. The summed E-state index contributed by atoms with van der Waals surface area (Å²) in [6.45, 7) is 4.50. The van der Waals surface area contributed by atoms with Crippen molar-refractivity contribution in [3.63, 3.8) is 0 Å². The van der Waals surface area contributed by atoms with Crippen molar-refractivity contribution in [2.45, 2.75) is 33.1 Å². The van der Waals surface area contributed by atoms with E-state index >= 15 is 0 Å². The third-order valence-electron chi connectivity index (χ3n) is 3.16. The van der Waals surface area contributed by atoms with E-state index in [1.165, 1.54) is 17.6 Å². The fraction of sp³-hybridized carbons (Fsp3) is 0.333. The van der Waals surface area contributed by atoms with Gasteiger partial charge in [0.15, 0.2) is 0 Å². The van der Waals surface area contributed by atoms with Gasteiger partial charge in [0.2, 0.25) is 0 Å². The van der Waals surface area contributed by atoms with Crippen molar-refractivity contribution in [2.24, 2.45) is 0 Å². The SMILES string of the molecule is CCC1=CCC(c2ccccc2)=C1CC. The Kier molecular flexibility index (Phi) is 3.05. The van der Waals surface area contributed by atoms with Crippen LogP contribution in [0.3, 0.4) is 0 Å². The van der Waals surface area contributed by atoms with E-state index in [4.69, 9.17) is 0 Å². The maximum absolute atomic E-state index is 2.39. The molecule has 1 aromatic carbocycles. The van der Waals surface area contributed by atoms with Gasteiger partial charge in [0.1, 0.15) is 0 Å². The first-order valence-electron chi connectivity index (χ1n) is 5.83. The standard InChI is InChI=1S/C15H18/c1-3-12-10-11-15(14(12)4-2)13-8-6-5-7-9-13/h5-10H,3-4,11H2,1-2H3. The molecule has 0 spiro atoms. The van der Waals surface area contributed by atoms with Crippen molar-refractivity contribution < 1.29 is 0 Å². The van der Waals surface area contributed by atoms with Gasteiger partial charge < -0.3 is 0 Å². The Morgan fingerprint density at radius 2 is 1.73 bits per heavy atom. The van der Waals surface area contributed by atoms with Crippen molar-refractivity contribution in [3.8, 4) is 0 Å². The molecule has 0 aliphatic heterocycles. The third-order valence-corrected chi connectivity index (χ3v) is 3.16. The average molecular weight is 198 g/mol. The van der Waals surface area contributed by atoms with Crippen LogP contribution in [0, 0.1) is 0 Å². The normalized spacial score (nSPS) is 15.7. The minimum absolute atomic E-state index is 1.12. The summed E-state index contributed by atoms with van der Waals surface area (Å²) in [5, 5.41) is 0. The molecule has 0 saturated carbocycles. The first-order chi connectivity index (χ1) is 7.36. The Balaban J connectivity index is 2.39. The van der Waals surface area contributed by atoms with Crippen LogP contribution in [-0.2, 0) is 0 Å². The summed E-state index contributed by atoms with van der Waals surface area (Å²) in [4.78, 5) is 0. The zero-order valence-corrected chi connectivity index (χ0v) is 9.59. The molecule has 0 atom stereocenters. The molecule has 0 nitrogen and oxygen atoms in total. The highest BCUT2D eigenvalue weighted by Gasteiger charge is 2.15. The van der Waals surface area contributed by atoms with E-state index in [0.717, 1.165) is 12.8 Å². The van der Waals surface area contributed by atoms with E-state index in [0.29, 0.717) is 0 Å². The molecule has 1 aliphatic rings. The van der Waals surface area contributed by atoms with Gasteiger partial charge in [-0.15, -0.1) is 0 Å². The first-order valence-corrected chi connectivity index (χ1v) is 5.83. The van der Waals surface area contributed by atoms with Gasteiger partial charge in [0.05, 0.1) is 0 Å².